The minimum absolute atomic E-state index is 0.0808. The Kier molecular flexibility index (Phi) is 4.84. The standard InChI is InChI=1S/C15H23N3O2/c1-11(2)18(3)9-7-17-15(19)12-5-4-6-13-14(12)20-10-8-16-13/h4-6,11,16H,7-10H2,1-3H3,(H,17,19). The van der Waals surface area contributed by atoms with E-state index >= 15 is 0 Å². The highest BCUT2D eigenvalue weighted by molar-refractivity contribution is 5.98. The van der Waals surface area contributed by atoms with E-state index in [4.69, 9.17) is 4.74 Å². The molecule has 0 saturated heterocycles. The number of nitrogens with one attached hydrogen (secondary N) is 2. The number of hydrogen-bond acceptors (Lipinski definition) is 4. The first-order chi connectivity index (χ1) is 9.59. The summed E-state index contributed by atoms with van der Waals surface area (Å²) < 4.78 is 5.61. The Morgan fingerprint density at radius 2 is 2.30 bits per heavy atom. The average Bonchev–Trinajstić information content (AvgIpc) is 2.46. The molecule has 0 unspecified atom stereocenters. The quantitative estimate of drug-likeness (QED) is 0.857. The van der Waals surface area contributed by atoms with Gasteiger partial charge in [-0.25, -0.2) is 0 Å². The Morgan fingerprint density at radius 1 is 1.50 bits per heavy atom. The molecule has 20 heavy (non-hydrogen) atoms. The molecule has 1 aromatic carbocycles. The smallest absolute Gasteiger partial charge is 0.255 e. The number of benzene rings is 1. The number of rotatable bonds is 5. The SMILES string of the molecule is CC(C)N(C)CCNC(=O)c1cccc2c1OCCN2. The maximum absolute atomic E-state index is 12.2. The Balaban J connectivity index is 1.96. The van der Waals surface area contributed by atoms with Gasteiger partial charge in [0, 0.05) is 25.7 Å². The number of likely N-dealkylation sites (N-methyl/N-ethyl adjacent to an activating group) is 1. The van der Waals surface area contributed by atoms with Crippen molar-refractivity contribution in [2.75, 3.05) is 38.6 Å². The van der Waals surface area contributed by atoms with E-state index in [9.17, 15) is 4.79 Å². The first-order valence-corrected chi connectivity index (χ1v) is 7.07. The zero-order valence-corrected chi connectivity index (χ0v) is 12.4. The summed E-state index contributed by atoms with van der Waals surface area (Å²) in [4.78, 5) is 14.4. The van der Waals surface area contributed by atoms with E-state index in [1.807, 2.05) is 19.2 Å². The van der Waals surface area contributed by atoms with Gasteiger partial charge in [-0.3, -0.25) is 4.79 Å². The number of carbonyl (C=O) groups is 1. The predicted octanol–water partition coefficient (Wildman–Crippen LogP) is 1.56. The molecule has 0 saturated carbocycles. The number of carbonyl (C=O) groups excluding carboxylic acids is 1. The zero-order valence-electron chi connectivity index (χ0n) is 12.4. The van der Waals surface area contributed by atoms with E-state index in [0.29, 0.717) is 30.5 Å². The maximum Gasteiger partial charge on any atom is 0.255 e. The summed E-state index contributed by atoms with van der Waals surface area (Å²) in [6, 6.07) is 6.07. The highest BCUT2D eigenvalue weighted by Crippen LogP contribution is 2.30. The summed E-state index contributed by atoms with van der Waals surface area (Å²) in [5.74, 6) is 0.580. The van der Waals surface area contributed by atoms with E-state index in [1.165, 1.54) is 0 Å². The fourth-order valence-electron chi connectivity index (χ4n) is 2.05. The van der Waals surface area contributed by atoms with Crippen LogP contribution in [0.4, 0.5) is 5.69 Å². The lowest BCUT2D eigenvalue weighted by molar-refractivity contribution is 0.0944. The fraction of sp³-hybridized carbons (Fsp3) is 0.533. The van der Waals surface area contributed by atoms with Crippen LogP contribution in [0.5, 0.6) is 5.75 Å². The van der Waals surface area contributed by atoms with Gasteiger partial charge in [0.15, 0.2) is 5.75 Å². The van der Waals surface area contributed by atoms with Gasteiger partial charge in [0.2, 0.25) is 0 Å². The summed E-state index contributed by atoms with van der Waals surface area (Å²) in [6.45, 7) is 7.09. The van der Waals surface area contributed by atoms with Crippen LogP contribution < -0.4 is 15.4 Å². The van der Waals surface area contributed by atoms with Crippen LogP contribution in [0.15, 0.2) is 18.2 Å². The molecular weight excluding hydrogens is 254 g/mol. The molecule has 2 N–H and O–H groups in total. The van der Waals surface area contributed by atoms with Crippen molar-refractivity contribution in [1.29, 1.82) is 0 Å². The lowest BCUT2D eigenvalue weighted by Gasteiger charge is -2.22. The zero-order chi connectivity index (χ0) is 14.5. The average molecular weight is 277 g/mol. The first-order valence-electron chi connectivity index (χ1n) is 7.07. The van der Waals surface area contributed by atoms with Crippen LogP contribution in [-0.4, -0.2) is 50.1 Å². The van der Waals surface area contributed by atoms with E-state index in [0.717, 1.165) is 18.8 Å². The van der Waals surface area contributed by atoms with Gasteiger partial charge in [0.1, 0.15) is 6.61 Å². The highest BCUT2D eigenvalue weighted by atomic mass is 16.5. The lowest BCUT2D eigenvalue weighted by Crippen LogP contribution is -2.36. The molecule has 1 aliphatic rings. The van der Waals surface area contributed by atoms with Crippen molar-refractivity contribution in [3.63, 3.8) is 0 Å². The van der Waals surface area contributed by atoms with Gasteiger partial charge in [0.25, 0.3) is 5.91 Å². The topological polar surface area (TPSA) is 53.6 Å². The molecule has 1 aromatic rings. The van der Waals surface area contributed by atoms with Crippen LogP contribution in [0.25, 0.3) is 0 Å². The number of nitrogens with zero attached hydrogens (tertiary/aromatic N) is 1. The molecule has 5 heteroatoms. The minimum Gasteiger partial charge on any atom is -0.489 e. The second-order valence-electron chi connectivity index (χ2n) is 5.29. The molecule has 1 amide bonds. The van der Waals surface area contributed by atoms with Crippen LogP contribution in [0.2, 0.25) is 0 Å². The molecule has 0 spiro atoms. The molecule has 0 aromatic heterocycles. The normalized spacial score (nSPS) is 13.7. The molecule has 1 aliphatic heterocycles. The van der Waals surface area contributed by atoms with E-state index in [2.05, 4.69) is 29.4 Å². The highest BCUT2D eigenvalue weighted by Gasteiger charge is 2.18. The van der Waals surface area contributed by atoms with Crippen LogP contribution in [0.3, 0.4) is 0 Å². The van der Waals surface area contributed by atoms with Gasteiger partial charge in [-0.1, -0.05) is 6.07 Å². The van der Waals surface area contributed by atoms with E-state index in [1.54, 1.807) is 6.07 Å². The molecular formula is C15H23N3O2. The monoisotopic (exact) mass is 277 g/mol. The Bertz CT molecular complexity index is 474. The van der Waals surface area contributed by atoms with Crippen LogP contribution in [0, 0.1) is 0 Å². The van der Waals surface area contributed by atoms with Gasteiger partial charge in [-0.15, -0.1) is 0 Å². The third-order valence-electron chi connectivity index (χ3n) is 3.56. The van der Waals surface area contributed by atoms with Gasteiger partial charge < -0.3 is 20.3 Å². The van der Waals surface area contributed by atoms with Crippen molar-refractivity contribution < 1.29 is 9.53 Å². The summed E-state index contributed by atoms with van der Waals surface area (Å²) in [6.07, 6.45) is 0. The molecule has 0 bridgehead atoms. The van der Waals surface area contributed by atoms with Crippen LogP contribution in [-0.2, 0) is 0 Å². The second kappa shape index (κ2) is 6.61. The summed E-state index contributed by atoms with van der Waals surface area (Å²) in [7, 11) is 2.05. The van der Waals surface area contributed by atoms with Crippen LogP contribution in [0.1, 0.15) is 24.2 Å². The Labute approximate surface area is 120 Å². The molecule has 0 fully saturated rings. The lowest BCUT2D eigenvalue weighted by atomic mass is 10.1. The summed E-state index contributed by atoms with van der Waals surface area (Å²) in [5, 5.41) is 6.18. The fourth-order valence-corrected chi connectivity index (χ4v) is 2.05. The number of fused-ring (bicyclic) bond motifs is 1. The summed E-state index contributed by atoms with van der Waals surface area (Å²) in [5.41, 5.74) is 1.49. The minimum atomic E-state index is -0.0808. The maximum atomic E-state index is 12.2. The van der Waals surface area contributed by atoms with Gasteiger partial charge in [0.05, 0.1) is 11.3 Å². The summed E-state index contributed by atoms with van der Waals surface area (Å²) >= 11 is 0. The van der Waals surface area contributed by atoms with Gasteiger partial charge in [-0.2, -0.15) is 0 Å². The molecule has 2 rings (SSSR count). The number of amides is 1. The molecule has 5 nitrogen and oxygen atoms in total. The Hall–Kier alpha value is -1.75. The second-order valence-corrected chi connectivity index (χ2v) is 5.29. The molecule has 0 aliphatic carbocycles. The van der Waals surface area contributed by atoms with Crippen molar-refractivity contribution in [2.24, 2.45) is 0 Å². The van der Waals surface area contributed by atoms with Gasteiger partial charge in [-0.05, 0) is 33.0 Å². The largest absolute Gasteiger partial charge is 0.489 e. The first kappa shape index (κ1) is 14.7. The number of ether oxygens (including phenoxy) is 1. The number of para-hydroxylation sites is 1. The van der Waals surface area contributed by atoms with Crippen molar-refractivity contribution in [3.8, 4) is 5.75 Å². The number of hydrogen-bond donors (Lipinski definition) is 2. The third-order valence-corrected chi connectivity index (χ3v) is 3.56. The van der Waals surface area contributed by atoms with Crippen molar-refractivity contribution in [2.45, 2.75) is 19.9 Å². The molecule has 110 valence electrons. The molecule has 1 heterocycles. The van der Waals surface area contributed by atoms with Crippen molar-refractivity contribution >= 4 is 11.6 Å². The predicted molar refractivity (Wildman–Crippen MR) is 80.5 cm³/mol. The van der Waals surface area contributed by atoms with Crippen molar-refractivity contribution in [3.05, 3.63) is 23.8 Å². The van der Waals surface area contributed by atoms with E-state index < -0.39 is 0 Å². The number of anilines is 1. The van der Waals surface area contributed by atoms with Crippen LogP contribution >= 0.6 is 0 Å². The van der Waals surface area contributed by atoms with Gasteiger partial charge >= 0.3 is 0 Å². The Morgan fingerprint density at radius 3 is 3.05 bits per heavy atom. The third kappa shape index (κ3) is 3.42. The van der Waals surface area contributed by atoms with E-state index in [-0.39, 0.29) is 5.91 Å². The molecule has 0 atom stereocenters. The molecule has 0 radical (unpaired) electrons. The van der Waals surface area contributed by atoms with Crippen molar-refractivity contribution in [1.82, 2.24) is 10.2 Å².